The van der Waals surface area contributed by atoms with E-state index in [9.17, 15) is 9.90 Å². The van der Waals surface area contributed by atoms with Crippen LogP contribution >= 0.6 is 0 Å². The maximum Gasteiger partial charge on any atom is 0.221 e. The van der Waals surface area contributed by atoms with Gasteiger partial charge in [0.25, 0.3) is 0 Å². The van der Waals surface area contributed by atoms with E-state index in [-0.39, 0.29) is 18.4 Å². The minimum absolute atomic E-state index is 0.0108. The van der Waals surface area contributed by atoms with Crippen LogP contribution in [0, 0.1) is 19.8 Å². The van der Waals surface area contributed by atoms with Gasteiger partial charge in [0.05, 0.1) is 17.8 Å². The van der Waals surface area contributed by atoms with Crippen LogP contribution in [-0.4, -0.2) is 28.3 Å². The number of rotatable bonds is 6. The Kier molecular flexibility index (Phi) is 5.84. The molecule has 1 saturated carbocycles. The number of amides is 1. The molecule has 130 valence electrons. The molecule has 0 aliphatic heterocycles. The van der Waals surface area contributed by atoms with Crippen LogP contribution in [0.4, 0.5) is 0 Å². The summed E-state index contributed by atoms with van der Waals surface area (Å²) in [5.41, 5.74) is 1.35. The highest BCUT2D eigenvalue weighted by molar-refractivity contribution is 5.77. The molecule has 1 amide bonds. The van der Waals surface area contributed by atoms with E-state index in [1.807, 2.05) is 27.7 Å². The molecule has 1 fully saturated rings. The number of carbonyl (C=O) groups is 1. The molecule has 0 saturated heterocycles. The van der Waals surface area contributed by atoms with Gasteiger partial charge in [0.1, 0.15) is 5.76 Å². The Hall–Kier alpha value is -1.36. The van der Waals surface area contributed by atoms with Gasteiger partial charge < -0.3 is 14.9 Å². The number of aryl methyl sites for hydroxylation is 2. The van der Waals surface area contributed by atoms with Gasteiger partial charge in [0, 0.05) is 12.0 Å². The lowest BCUT2D eigenvalue weighted by molar-refractivity contribution is -0.124. The van der Waals surface area contributed by atoms with Gasteiger partial charge in [-0.15, -0.1) is 0 Å². The minimum atomic E-state index is -0.518. The van der Waals surface area contributed by atoms with Crippen LogP contribution in [-0.2, 0) is 4.79 Å². The number of aliphatic hydroxyl groups is 1. The fourth-order valence-corrected chi connectivity index (χ4v) is 3.95. The Morgan fingerprint density at radius 1 is 1.39 bits per heavy atom. The molecule has 1 aromatic rings. The van der Waals surface area contributed by atoms with E-state index in [0.717, 1.165) is 29.9 Å². The second kappa shape index (κ2) is 7.47. The molecule has 2 N–H and O–H groups in total. The third kappa shape index (κ3) is 4.14. The van der Waals surface area contributed by atoms with E-state index in [4.69, 9.17) is 4.52 Å². The van der Waals surface area contributed by atoms with Gasteiger partial charge in [-0.3, -0.25) is 4.79 Å². The molecular formula is C18H30N2O3. The van der Waals surface area contributed by atoms with Gasteiger partial charge in [-0.05, 0) is 45.4 Å². The average molecular weight is 322 g/mol. The minimum Gasteiger partial charge on any atom is -0.394 e. The standard InChI is InChI=1S/C18H30N2O3/c1-12(17-13(2)20-23-14(17)3)10-16(22)19-18(4,11-21)15-8-6-5-7-9-15/h12,15,21H,5-11H2,1-4H3,(H,19,22)/t12-,18+/m0/s1. The fourth-order valence-electron chi connectivity index (χ4n) is 3.95. The highest BCUT2D eigenvalue weighted by Gasteiger charge is 2.36. The number of aromatic nitrogens is 1. The van der Waals surface area contributed by atoms with Crippen LogP contribution in [0.1, 0.15) is 75.3 Å². The molecule has 23 heavy (non-hydrogen) atoms. The van der Waals surface area contributed by atoms with Crippen molar-refractivity contribution in [1.82, 2.24) is 10.5 Å². The molecule has 0 radical (unpaired) electrons. The summed E-state index contributed by atoms with van der Waals surface area (Å²) in [4.78, 5) is 12.5. The van der Waals surface area contributed by atoms with Crippen molar-refractivity contribution < 1.29 is 14.4 Å². The molecule has 1 aliphatic carbocycles. The number of hydrogen-bond acceptors (Lipinski definition) is 4. The highest BCUT2D eigenvalue weighted by Crippen LogP contribution is 2.33. The molecule has 1 heterocycles. The van der Waals surface area contributed by atoms with Gasteiger partial charge in [0.2, 0.25) is 5.91 Å². The zero-order chi connectivity index (χ0) is 17.0. The molecule has 2 rings (SSSR count). The summed E-state index contributed by atoms with van der Waals surface area (Å²) in [5.74, 6) is 1.18. The summed E-state index contributed by atoms with van der Waals surface area (Å²) in [6.07, 6.45) is 6.17. The lowest BCUT2D eigenvalue weighted by Gasteiger charge is -2.39. The van der Waals surface area contributed by atoms with Crippen molar-refractivity contribution >= 4 is 5.91 Å². The van der Waals surface area contributed by atoms with Gasteiger partial charge in [0.15, 0.2) is 0 Å². The van der Waals surface area contributed by atoms with E-state index in [1.54, 1.807) is 0 Å². The first kappa shape index (κ1) is 18.0. The van der Waals surface area contributed by atoms with Crippen LogP contribution in [0.3, 0.4) is 0 Å². The Labute approximate surface area is 138 Å². The van der Waals surface area contributed by atoms with Crippen molar-refractivity contribution in [2.75, 3.05) is 6.61 Å². The SMILES string of the molecule is Cc1noc(C)c1[C@@H](C)CC(=O)N[C@](C)(CO)C1CCCCC1. The number of aliphatic hydroxyl groups excluding tert-OH is 1. The Bertz CT molecular complexity index is 515. The molecular weight excluding hydrogens is 292 g/mol. The van der Waals surface area contributed by atoms with E-state index >= 15 is 0 Å². The second-order valence-electron chi connectivity index (χ2n) is 7.30. The number of nitrogens with one attached hydrogen (secondary N) is 1. The first-order valence-corrected chi connectivity index (χ1v) is 8.72. The Morgan fingerprint density at radius 2 is 2.04 bits per heavy atom. The average Bonchev–Trinajstić information content (AvgIpc) is 2.86. The zero-order valence-corrected chi connectivity index (χ0v) is 14.8. The summed E-state index contributed by atoms with van der Waals surface area (Å²) >= 11 is 0. The molecule has 0 unspecified atom stereocenters. The summed E-state index contributed by atoms with van der Waals surface area (Å²) < 4.78 is 5.19. The third-order valence-electron chi connectivity index (χ3n) is 5.33. The summed E-state index contributed by atoms with van der Waals surface area (Å²) in [6.45, 7) is 7.76. The van der Waals surface area contributed by atoms with Crippen molar-refractivity contribution in [1.29, 1.82) is 0 Å². The van der Waals surface area contributed by atoms with Crippen LogP contribution in [0.25, 0.3) is 0 Å². The predicted octanol–water partition coefficient (Wildman–Crippen LogP) is 3.23. The van der Waals surface area contributed by atoms with E-state index < -0.39 is 5.54 Å². The van der Waals surface area contributed by atoms with Crippen LogP contribution in [0.5, 0.6) is 0 Å². The third-order valence-corrected chi connectivity index (χ3v) is 5.33. The summed E-state index contributed by atoms with van der Waals surface area (Å²) in [6, 6.07) is 0. The molecule has 5 nitrogen and oxygen atoms in total. The molecule has 0 aromatic carbocycles. The monoisotopic (exact) mass is 322 g/mol. The Balaban J connectivity index is 1.99. The van der Waals surface area contributed by atoms with Gasteiger partial charge in [-0.1, -0.05) is 31.3 Å². The number of nitrogens with zero attached hydrogens (tertiary/aromatic N) is 1. The number of carbonyl (C=O) groups excluding carboxylic acids is 1. The van der Waals surface area contributed by atoms with E-state index in [0.29, 0.717) is 12.3 Å². The molecule has 0 spiro atoms. The molecule has 1 aromatic heterocycles. The smallest absolute Gasteiger partial charge is 0.221 e. The summed E-state index contributed by atoms with van der Waals surface area (Å²) in [7, 11) is 0. The normalized spacial score (nSPS) is 20.0. The van der Waals surface area contributed by atoms with E-state index in [1.165, 1.54) is 19.3 Å². The van der Waals surface area contributed by atoms with Crippen molar-refractivity contribution in [2.45, 2.75) is 77.7 Å². The molecule has 5 heteroatoms. The predicted molar refractivity (Wildman–Crippen MR) is 89.2 cm³/mol. The largest absolute Gasteiger partial charge is 0.394 e. The first-order valence-electron chi connectivity index (χ1n) is 8.72. The lowest BCUT2D eigenvalue weighted by atomic mass is 9.76. The number of hydrogen-bond donors (Lipinski definition) is 2. The van der Waals surface area contributed by atoms with Crippen molar-refractivity contribution in [3.05, 3.63) is 17.0 Å². The first-order chi connectivity index (χ1) is 10.9. The highest BCUT2D eigenvalue weighted by atomic mass is 16.5. The molecule has 1 aliphatic rings. The molecule has 0 bridgehead atoms. The van der Waals surface area contributed by atoms with Crippen LogP contribution in [0.15, 0.2) is 4.52 Å². The topological polar surface area (TPSA) is 75.4 Å². The van der Waals surface area contributed by atoms with E-state index in [2.05, 4.69) is 10.5 Å². The van der Waals surface area contributed by atoms with Crippen molar-refractivity contribution in [3.8, 4) is 0 Å². The van der Waals surface area contributed by atoms with Crippen molar-refractivity contribution in [3.63, 3.8) is 0 Å². The molecule has 2 atom stereocenters. The maximum absolute atomic E-state index is 12.5. The zero-order valence-electron chi connectivity index (χ0n) is 14.8. The summed E-state index contributed by atoms with van der Waals surface area (Å²) in [5, 5.41) is 16.9. The second-order valence-corrected chi connectivity index (χ2v) is 7.30. The quantitative estimate of drug-likeness (QED) is 0.843. The fraction of sp³-hybridized carbons (Fsp3) is 0.778. The Morgan fingerprint density at radius 3 is 2.57 bits per heavy atom. The van der Waals surface area contributed by atoms with Crippen LogP contribution in [0.2, 0.25) is 0 Å². The lowest BCUT2D eigenvalue weighted by Crippen LogP contribution is -2.54. The van der Waals surface area contributed by atoms with Gasteiger partial charge in [-0.2, -0.15) is 0 Å². The van der Waals surface area contributed by atoms with Crippen molar-refractivity contribution in [2.24, 2.45) is 5.92 Å². The van der Waals surface area contributed by atoms with Crippen LogP contribution < -0.4 is 5.32 Å². The van der Waals surface area contributed by atoms with Gasteiger partial charge in [-0.25, -0.2) is 0 Å². The van der Waals surface area contributed by atoms with Gasteiger partial charge >= 0.3 is 0 Å². The maximum atomic E-state index is 12.5.